The third-order valence-corrected chi connectivity index (χ3v) is 4.33. The van der Waals surface area contributed by atoms with Crippen molar-refractivity contribution >= 4 is 29.1 Å². The van der Waals surface area contributed by atoms with Crippen molar-refractivity contribution < 1.29 is 14.3 Å². The molecule has 0 spiro atoms. The van der Waals surface area contributed by atoms with Crippen molar-refractivity contribution in [2.45, 2.75) is 39.2 Å². The Kier molecular flexibility index (Phi) is 8.14. The van der Waals surface area contributed by atoms with Gasteiger partial charge in [0.1, 0.15) is 5.75 Å². The first kappa shape index (κ1) is 20.8. The second kappa shape index (κ2) is 10.6. The highest BCUT2D eigenvalue weighted by atomic mass is 35.5. The first-order chi connectivity index (χ1) is 13.1. The fourth-order valence-electron chi connectivity index (χ4n) is 2.49. The first-order valence-electron chi connectivity index (χ1n) is 9.16. The van der Waals surface area contributed by atoms with Crippen molar-refractivity contribution in [3.05, 3.63) is 59.1 Å². The minimum atomic E-state index is -0.721. The fraction of sp³-hybridized carbons (Fsp3) is 0.333. The van der Waals surface area contributed by atoms with Crippen molar-refractivity contribution in [3.63, 3.8) is 0 Å². The van der Waals surface area contributed by atoms with Crippen LogP contribution in [0.2, 0.25) is 5.02 Å². The van der Waals surface area contributed by atoms with Crippen molar-refractivity contribution in [1.82, 2.24) is 5.32 Å². The molecule has 6 heteroatoms. The van der Waals surface area contributed by atoms with Crippen LogP contribution in [0.5, 0.6) is 5.75 Å². The minimum Gasteiger partial charge on any atom is -0.479 e. The number of carbonyl (C=O) groups excluding carboxylic acids is 2. The quantitative estimate of drug-likeness (QED) is 0.613. The van der Waals surface area contributed by atoms with Crippen molar-refractivity contribution in [3.8, 4) is 5.75 Å². The van der Waals surface area contributed by atoms with Gasteiger partial charge in [0.05, 0.1) is 16.3 Å². The van der Waals surface area contributed by atoms with E-state index in [0.29, 0.717) is 35.0 Å². The van der Waals surface area contributed by atoms with Crippen LogP contribution < -0.4 is 15.4 Å². The third kappa shape index (κ3) is 6.00. The number of amides is 2. The molecule has 0 radical (unpaired) electrons. The van der Waals surface area contributed by atoms with Crippen LogP contribution in [0, 0.1) is 0 Å². The van der Waals surface area contributed by atoms with Crippen LogP contribution in [-0.2, 0) is 4.79 Å². The molecule has 0 aliphatic rings. The van der Waals surface area contributed by atoms with E-state index < -0.39 is 6.10 Å². The van der Waals surface area contributed by atoms with Gasteiger partial charge in [-0.3, -0.25) is 9.59 Å². The SMILES string of the molecule is CCCCNC(=O)c1ccccc1NC(=O)[C@@H](CC)Oc1ccccc1Cl. The maximum absolute atomic E-state index is 12.7. The van der Waals surface area contributed by atoms with Gasteiger partial charge in [-0.05, 0) is 37.1 Å². The Bertz CT molecular complexity index is 780. The monoisotopic (exact) mass is 388 g/mol. The van der Waals surface area contributed by atoms with Crippen LogP contribution in [0.3, 0.4) is 0 Å². The average molecular weight is 389 g/mol. The first-order valence-corrected chi connectivity index (χ1v) is 9.53. The standard InChI is InChI=1S/C21H25ClN2O3/c1-3-5-14-23-20(25)15-10-6-8-12-17(15)24-21(26)18(4-2)27-19-13-9-7-11-16(19)22/h6-13,18H,3-5,14H2,1-2H3,(H,23,25)(H,24,26)/t18-/m1/s1. The molecular formula is C21H25ClN2O3. The number of carbonyl (C=O) groups is 2. The van der Waals surface area contributed by atoms with Gasteiger partial charge in [0.15, 0.2) is 6.10 Å². The van der Waals surface area contributed by atoms with E-state index in [1.807, 2.05) is 6.92 Å². The van der Waals surface area contributed by atoms with Crippen LogP contribution in [0.1, 0.15) is 43.5 Å². The van der Waals surface area contributed by atoms with Crippen LogP contribution in [0.4, 0.5) is 5.69 Å². The number of ether oxygens (including phenoxy) is 1. The number of hydrogen-bond donors (Lipinski definition) is 2. The predicted molar refractivity (Wildman–Crippen MR) is 108 cm³/mol. The predicted octanol–water partition coefficient (Wildman–Crippen LogP) is 4.67. The average Bonchev–Trinajstić information content (AvgIpc) is 2.67. The molecule has 0 heterocycles. The Balaban J connectivity index is 2.09. The Morgan fingerprint density at radius 2 is 1.78 bits per heavy atom. The van der Waals surface area contributed by atoms with E-state index in [0.717, 1.165) is 12.8 Å². The van der Waals surface area contributed by atoms with E-state index in [4.69, 9.17) is 16.3 Å². The van der Waals surface area contributed by atoms with Crippen molar-refractivity contribution in [2.75, 3.05) is 11.9 Å². The Hall–Kier alpha value is -2.53. The number of benzene rings is 2. The zero-order valence-corrected chi connectivity index (χ0v) is 16.4. The lowest BCUT2D eigenvalue weighted by molar-refractivity contribution is -0.122. The maximum Gasteiger partial charge on any atom is 0.265 e. The van der Waals surface area contributed by atoms with Gasteiger partial charge in [0.25, 0.3) is 11.8 Å². The molecule has 144 valence electrons. The van der Waals surface area contributed by atoms with Crippen molar-refractivity contribution in [2.24, 2.45) is 0 Å². The van der Waals surface area contributed by atoms with E-state index >= 15 is 0 Å². The third-order valence-electron chi connectivity index (χ3n) is 4.01. The van der Waals surface area contributed by atoms with Crippen LogP contribution in [-0.4, -0.2) is 24.5 Å². The summed E-state index contributed by atoms with van der Waals surface area (Å²) < 4.78 is 5.76. The molecule has 0 unspecified atom stereocenters. The summed E-state index contributed by atoms with van der Waals surface area (Å²) in [5.74, 6) is -0.0857. The van der Waals surface area contributed by atoms with Gasteiger partial charge in [-0.1, -0.05) is 56.1 Å². The molecule has 0 fully saturated rings. The number of anilines is 1. The summed E-state index contributed by atoms with van der Waals surface area (Å²) in [6.45, 7) is 4.51. The van der Waals surface area contributed by atoms with Crippen LogP contribution in [0.15, 0.2) is 48.5 Å². The number of halogens is 1. The smallest absolute Gasteiger partial charge is 0.265 e. The van der Waals surface area contributed by atoms with Gasteiger partial charge in [-0.2, -0.15) is 0 Å². The molecule has 0 saturated carbocycles. The maximum atomic E-state index is 12.7. The summed E-state index contributed by atoms with van der Waals surface area (Å²) >= 11 is 6.11. The van der Waals surface area contributed by atoms with E-state index in [9.17, 15) is 9.59 Å². The molecular weight excluding hydrogens is 364 g/mol. The second-order valence-corrected chi connectivity index (χ2v) is 6.50. The van der Waals surface area contributed by atoms with Crippen LogP contribution in [0.25, 0.3) is 0 Å². The molecule has 1 atom stereocenters. The van der Waals surface area contributed by atoms with Gasteiger partial charge in [0, 0.05) is 6.54 Å². The molecule has 2 aromatic carbocycles. The largest absolute Gasteiger partial charge is 0.479 e. The number of para-hydroxylation sites is 2. The molecule has 5 nitrogen and oxygen atoms in total. The van der Waals surface area contributed by atoms with Gasteiger partial charge >= 0.3 is 0 Å². The Labute approximate surface area is 165 Å². The molecule has 2 amide bonds. The molecule has 2 rings (SSSR count). The van der Waals surface area contributed by atoms with Gasteiger partial charge in [-0.25, -0.2) is 0 Å². The summed E-state index contributed by atoms with van der Waals surface area (Å²) in [6.07, 6.45) is 1.64. The van der Waals surface area contributed by atoms with Gasteiger partial charge in [-0.15, -0.1) is 0 Å². The van der Waals surface area contributed by atoms with Gasteiger partial charge < -0.3 is 15.4 Å². The summed E-state index contributed by atoms with van der Waals surface area (Å²) in [6, 6.07) is 13.9. The number of rotatable bonds is 9. The Morgan fingerprint density at radius 3 is 2.48 bits per heavy atom. The van der Waals surface area contributed by atoms with E-state index in [1.165, 1.54) is 0 Å². The molecule has 27 heavy (non-hydrogen) atoms. The zero-order valence-electron chi connectivity index (χ0n) is 15.6. The lowest BCUT2D eigenvalue weighted by Crippen LogP contribution is -2.33. The molecule has 0 bridgehead atoms. The number of hydrogen-bond acceptors (Lipinski definition) is 3. The van der Waals surface area contributed by atoms with Crippen LogP contribution >= 0.6 is 11.6 Å². The topological polar surface area (TPSA) is 67.4 Å². The highest BCUT2D eigenvalue weighted by Gasteiger charge is 2.21. The molecule has 0 aromatic heterocycles. The number of nitrogens with one attached hydrogen (secondary N) is 2. The molecule has 0 aliphatic heterocycles. The summed E-state index contributed by atoms with van der Waals surface area (Å²) in [5, 5.41) is 6.11. The number of unbranched alkanes of at least 4 members (excludes halogenated alkanes) is 1. The zero-order chi connectivity index (χ0) is 19.6. The van der Waals surface area contributed by atoms with Crippen molar-refractivity contribution in [1.29, 1.82) is 0 Å². The van der Waals surface area contributed by atoms with Gasteiger partial charge in [0.2, 0.25) is 0 Å². The van der Waals surface area contributed by atoms with E-state index in [2.05, 4.69) is 17.6 Å². The summed E-state index contributed by atoms with van der Waals surface area (Å²) in [4.78, 5) is 25.1. The lowest BCUT2D eigenvalue weighted by atomic mass is 10.1. The molecule has 0 aliphatic carbocycles. The summed E-state index contributed by atoms with van der Waals surface area (Å²) in [7, 11) is 0. The normalized spacial score (nSPS) is 11.5. The molecule has 2 N–H and O–H groups in total. The highest BCUT2D eigenvalue weighted by Crippen LogP contribution is 2.25. The second-order valence-electron chi connectivity index (χ2n) is 6.09. The Morgan fingerprint density at radius 1 is 1.07 bits per heavy atom. The lowest BCUT2D eigenvalue weighted by Gasteiger charge is -2.19. The fourth-order valence-corrected chi connectivity index (χ4v) is 2.67. The molecule has 2 aromatic rings. The molecule has 0 saturated heterocycles. The van der Waals surface area contributed by atoms with E-state index in [1.54, 1.807) is 48.5 Å². The summed E-state index contributed by atoms with van der Waals surface area (Å²) in [5.41, 5.74) is 0.882. The minimum absolute atomic E-state index is 0.209. The highest BCUT2D eigenvalue weighted by molar-refractivity contribution is 6.32. The van der Waals surface area contributed by atoms with E-state index in [-0.39, 0.29) is 11.8 Å².